The van der Waals surface area contributed by atoms with Gasteiger partial charge in [-0.3, -0.25) is 4.90 Å². The van der Waals surface area contributed by atoms with Gasteiger partial charge in [-0.15, -0.1) is 0 Å². The minimum absolute atomic E-state index is 0.162. The fraction of sp³-hybridized carbons (Fsp3) is 1.00. The Morgan fingerprint density at radius 3 is 2.55 bits per heavy atom. The van der Waals surface area contributed by atoms with Gasteiger partial charge in [-0.25, -0.2) is 0 Å². The minimum Gasteiger partial charge on any atom is -0.371 e. The summed E-state index contributed by atoms with van der Waals surface area (Å²) >= 11 is 0. The van der Waals surface area contributed by atoms with Crippen molar-refractivity contribution in [3.05, 3.63) is 0 Å². The highest BCUT2D eigenvalue weighted by Gasteiger charge is 2.34. The predicted octanol–water partition coefficient (Wildman–Crippen LogP) is 2.56. The van der Waals surface area contributed by atoms with E-state index in [0.717, 1.165) is 26.1 Å². The highest BCUT2D eigenvalue weighted by molar-refractivity contribution is 4.95. The third-order valence-electron chi connectivity index (χ3n) is 4.31. The molecule has 0 amide bonds. The number of nitrogens with one attached hydrogen (secondary N) is 1. The van der Waals surface area contributed by atoms with Crippen LogP contribution in [0.2, 0.25) is 0 Å². The van der Waals surface area contributed by atoms with Crippen molar-refractivity contribution in [1.82, 2.24) is 10.2 Å². The molecule has 0 aromatic heterocycles. The van der Waals surface area contributed by atoms with Gasteiger partial charge in [-0.2, -0.15) is 13.2 Å². The van der Waals surface area contributed by atoms with Crippen LogP contribution < -0.4 is 5.32 Å². The molecule has 2 aliphatic rings. The Hall–Kier alpha value is -0.330. The smallest absolute Gasteiger partial charge is 0.371 e. The monoisotopic (exact) mass is 294 g/mol. The Kier molecular flexibility index (Phi) is 5.69. The third-order valence-corrected chi connectivity index (χ3v) is 4.31. The van der Waals surface area contributed by atoms with Crippen LogP contribution in [0.5, 0.6) is 0 Å². The van der Waals surface area contributed by atoms with Crippen LogP contribution in [-0.2, 0) is 4.74 Å². The van der Waals surface area contributed by atoms with Crippen molar-refractivity contribution in [1.29, 1.82) is 0 Å². The summed E-state index contributed by atoms with van der Waals surface area (Å²) in [6, 6.07) is 0. The molecule has 2 rings (SSSR count). The van der Waals surface area contributed by atoms with Crippen LogP contribution in [-0.4, -0.2) is 56.0 Å². The number of nitrogens with zero attached hydrogens (tertiary/aromatic N) is 1. The van der Waals surface area contributed by atoms with E-state index in [0.29, 0.717) is 6.54 Å². The second kappa shape index (κ2) is 7.09. The molecule has 6 heteroatoms. The molecule has 0 radical (unpaired) electrons. The SMILES string of the molecule is FC(F)(F)COCCN1CCCNC2(CCCCC2)C1. The third kappa shape index (κ3) is 5.22. The molecule has 0 bridgehead atoms. The molecule has 20 heavy (non-hydrogen) atoms. The molecule has 1 aliphatic heterocycles. The normalized spacial score (nSPS) is 24.8. The predicted molar refractivity (Wildman–Crippen MR) is 71.7 cm³/mol. The summed E-state index contributed by atoms with van der Waals surface area (Å²) in [5, 5.41) is 3.68. The Morgan fingerprint density at radius 2 is 1.85 bits per heavy atom. The van der Waals surface area contributed by atoms with E-state index in [1.165, 1.54) is 32.1 Å². The lowest BCUT2D eigenvalue weighted by molar-refractivity contribution is -0.174. The van der Waals surface area contributed by atoms with Crippen molar-refractivity contribution in [2.24, 2.45) is 0 Å². The number of ether oxygens (including phenoxy) is 1. The fourth-order valence-corrected chi connectivity index (χ4v) is 3.36. The zero-order chi connectivity index (χ0) is 14.5. The van der Waals surface area contributed by atoms with Crippen molar-refractivity contribution in [2.75, 3.05) is 39.4 Å². The first-order valence-electron chi connectivity index (χ1n) is 7.61. The topological polar surface area (TPSA) is 24.5 Å². The maximum absolute atomic E-state index is 12.0. The first kappa shape index (κ1) is 16.0. The summed E-state index contributed by atoms with van der Waals surface area (Å²) < 4.78 is 40.8. The molecule has 1 heterocycles. The summed E-state index contributed by atoms with van der Waals surface area (Å²) in [5.74, 6) is 0. The fourth-order valence-electron chi connectivity index (χ4n) is 3.36. The van der Waals surface area contributed by atoms with Gasteiger partial charge in [-0.05, 0) is 32.4 Å². The molecule has 0 aromatic carbocycles. The van der Waals surface area contributed by atoms with Gasteiger partial charge in [0.15, 0.2) is 0 Å². The van der Waals surface area contributed by atoms with Gasteiger partial charge < -0.3 is 10.1 Å². The number of rotatable bonds is 4. The Bertz CT molecular complexity index is 291. The second-order valence-electron chi connectivity index (χ2n) is 6.07. The van der Waals surface area contributed by atoms with E-state index in [1.807, 2.05) is 0 Å². The van der Waals surface area contributed by atoms with Crippen LogP contribution in [0.3, 0.4) is 0 Å². The number of halogens is 3. The minimum atomic E-state index is -4.22. The van der Waals surface area contributed by atoms with Crippen molar-refractivity contribution >= 4 is 0 Å². The van der Waals surface area contributed by atoms with Crippen molar-refractivity contribution in [2.45, 2.75) is 50.2 Å². The van der Waals surface area contributed by atoms with Crippen molar-refractivity contribution < 1.29 is 17.9 Å². The number of alkyl halides is 3. The van der Waals surface area contributed by atoms with Crippen LogP contribution in [0.25, 0.3) is 0 Å². The summed E-state index contributed by atoms with van der Waals surface area (Å²) in [4.78, 5) is 2.27. The Morgan fingerprint density at radius 1 is 1.10 bits per heavy atom. The lowest BCUT2D eigenvalue weighted by Gasteiger charge is -2.40. The molecule has 1 aliphatic carbocycles. The quantitative estimate of drug-likeness (QED) is 0.807. The van der Waals surface area contributed by atoms with Gasteiger partial charge in [-0.1, -0.05) is 19.3 Å². The number of hydrogen-bond donors (Lipinski definition) is 1. The molecule has 3 nitrogen and oxygen atoms in total. The summed E-state index contributed by atoms with van der Waals surface area (Å²) in [6.45, 7) is 2.53. The Labute approximate surface area is 118 Å². The van der Waals surface area contributed by atoms with E-state index in [1.54, 1.807) is 0 Å². The van der Waals surface area contributed by atoms with Crippen LogP contribution in [0.15, 0.2) is 0 Å². The second-order valence-corrected chi connectivity index (χ2v) is 6.07. The molecule has 1 saturated heterocycles. The van der Waals surface area contributed by atoms with Gasteiger partial charge in [0.25, 0.3) is 0 Å². The zero-order valence-corrected chi connectivity index (χ0v) is 12.0. The molecule has 2 fully saturated rings. The average Bonchev–Trinajstić information content (AvgIpc) is 2.57. The van der Waals surface area contributed by atoms with Gasteiger partial charge in [0.2, 0.25) is 0 Å². The summed E-state index contributed by atoms with van der Waals surface area (Å²) in [5.41, 5.74) is 0.193. The van der Waals surface area contributed by atoms with Crippen LogP contribution in [0.4, 0.5) is 13.2 Å². The van der Waals surface area contributed by atoms with Gasteiger partial charge in [0.05, 0.1) is 6.61 Å². The van der Waals surface area contributed by atoms with Crippen molar-refractivity contribution in [3.8, 4) is 0 Å². The van der Waals surface area contributed by atoms with E-state index >= 15 is 0 Å². The first-order valence-corrected chi connectivity index (χ1v) is 7.61. The lowest BCUT2D eigenvalue weighted by Crippen LogP contribution is -2.53. The molecule has 1 N–H and O–H groups in total. The standard InChI is InChI=1S/C14H25F3N2O/c15-14(16,17)12-20-10-9-19-8-4-7-18-13(11-19)5-2-1-3-6-13/h18H,1-12H2. The molecule has 118 valence electrons. The lowest BCUT2D eigenvalue weighted by atomic mass is 9.81. The molecular formula is C14H25F3N2O. The van der Waals surface area contributed by atoms with Gasteiger partial charge >= 0.3 is 6.18 Å². The van der Waals surface area contributed by atoms with Gasteiger partial charge in [0.1, 0.15) is 6.61 Å². The van der Waals surface area contributed by atoms with Gasteiger partial charge in [0, 0.05) is 18.6 Å². The Balaban J connectivity index is 1.75. The van der Waals surface area contributed by atoms with E-state index in [-0.39, 0.29) is 12.1 Å². The average molecular weight is 294 g/mol. The maximum Gasteiger partial charge on any atom is 0.411 e. The summed E-state index contributed by atoms with van der Waals surface area (Å²) in [7, 11) is 0. The number of hydrogen-bond acceptors (Lipinski definition) is 3. The van der Waals surface area contributed by atoms with Crippen LogP contribution >= 0.6 is 0 Å². The van der Waals surface area contributed by atoms with E-state index in [2.05, 4.69) is 10.2 Å². The summed E-state index contributed by atoms with van der Waals surface area (Å²) in [6.07, 6.45) is 3.03. The maximum atomic E-state index is 12.0. The first-order chi connectivity index (χ1) is 9.49. The highest BCUT2D eigenvalue weighted by atomic mass is 19.4. The van der Waals surface area contributed by atoms with E-state index < -0.39 is 12.8 Å². The molecular weight excluding hydrogens is 269 g/mol. The largest absolute Gasteiger partial charge is 0.411 e. The van der Waals surface area contributed by atoms with Crippen LogP contribution in [0, 0.1) is 0 Å². The van der Waals surface area contributed by atoms with E-state index in [4.69, 9.17) is 4.74 Å². The van der Waals surface area contributed by atoms with Crippen molar-refractivity contribution in [3.63, 3.8) is 0 Å². The molecule has 1 saturated carbocycles. The molecule has 1 spiro atoms. The highest BCUT2D eigenvalue weighted by Crippen LogP contribution is 2.30. The zero-order valence-electron chi connectivity index (χ0n) is 12.0. The molecule has 0 atom stereocenters. The molecule has 0 unspecified atom stereocenters. The van der Waals surface area contributed by atoms with Crippen LogP contribution in [0.1, 0.15) is 38.5 Å². The molecule has 0 aromatic rings. The van der Waals surface area contributed by atoms with E-state index in [9.17, 15) is 13.2 Å².